The minimum atomic E-state index is -3.11. The molecule has 0 N–H and O–H groups in total. The van der Waals surface area contributed by atoms with Crippen LogP contribution >= 0.6 is 0 Å². The zero-order chi connectivity index (χ0) is 21.7. The maximum Gasteiger partial charge on any atom is 0.254 e. The quantitative estimate of drug-likeness (QED) is 0.592. The second kappa shape index (κ2) is 9.47. The van der Waals surface area contributed by atoms with Gasteiger partial charge in [0.2, 0.25) is 0 Å². The summed E-state index contributed by atoms with van der Waals surface area (Å²) in [5.41, 5.74) is 2.74. The highest BCUT2D eigenvalue weighted by Crippen LogP contribution is 2.24. The summed E-state index contributed by atoms with van der Waals surface area (Å²) in [7, 11) is -3.11. The fraction of sp³-hybridized carbons (Fsp3) is 0.375. The molecule has 0 aromatic heterocycles. The topological polar surface area (TPSA) is 63.7 Å². The van der Waals surface area contributed by atoms with Gasteiger partial charge in [0.05, 0.1) is 11.5 Å². The zero-order valence-corrected chi connectivity index (χ0v) is 18.4. The minimum Gasteiger partial charge on any atom is -0.490 e. The van der Waals surface area contributed by atoms with Crippen molar-refractivity contribution in [2.24, 2.45) is 0 Å². The zero-order valence-electron chi connectivity index (χ0n) is 17.6. The molecule has 1 unspecified atom stereocenters. The van der Waals surface area contributed by atoms with E-state index in [1.54, 1.807) is 35.2 Å². The van der Waals surface area contributed by atoms with E-state index in [-0.39, 0.29) is 23.5 Å². The third kappa shape index (κ3) is 5.51. The lowest BCUT2D eigenvalue weighted by Gasteiger charge is -2.29. The number of ether oxygens (including phenoxy) is 1. The second-order valence-electron chi connectivity index (χ2n) is 8.01. The molecule has 5 nitrogen and oxygen atoms in total. The minimum absolute atomic E-state index is 0.0172. The van der Waals surface area contributed by atoms with Gasteiger partial charge >= 0.3 is 0 Å². The monoisotopic (exact) mass is 427 g/mol. The van der Waals surface area contributed by atoms with Crippen LogP contribution in [0.15, 0.2) is 61.2 Å². The van der Waals surface area contributed by atoms with E-state index in [9.17, 15) is 13.2 Å². The lowest BCUT2D eigenvalue weighted by molar-refractivity contribution is 0.0681. The van der Waals surface area contributed by atoms with Crippen molar-refractivity contribution in [2.45, 2.75) is 38.8 Å². The van der Waals surface area contributed by atoms with E-state index in [1.807, 2.05) is 12.1 Å². The van der Waals surface area contributed by atoms with Crippen molar-refractivity contribution in [3.8, 4) is 5.75 Å². The molecular formula is C24H29NO4S. The molecular weight excluding hydrogens is 398 g/mol. The summed E-state index contributed by atoms with van der Waals surface area (Å²) >= 11 is 0. The number of nitrogens with zero attached hydrogens (tertiary/aromatic N) is 1. The Morgan fingerprint density at radius 2 is 1.83 bits per heavy atom. The third-order valence-corrected chi connectivity index (χ3v) is 7.13. The van der Waals surface area contributed by atoms with Gasteiger partial charge in [0.1, 0.15) is 12.4 Å². The molecule has 6 heteroatoms. The number of carbonyl (C=O) groups excluding carboxylic acids is 1. The van der Waals surface area contributed by atoms with Crippen LogP contribution in [0.4, 0.5) is 0 Å². The Labute approximate surface area is 179 Å². The summed E-state index contributed by atoms with van der Waals surface area (Å²) in [6.45, 7) is 8.67. The summed E-state index contributed by atoms with van der Waals surface area (Å²) < 4.78 is 29.6. The molecule has 1 fully saturated rings. The third-order valence-electron chi connectivity index (χ3n) is 5.38. The molecule has 0 spiro atoms. The summed E-state index contributed by atoms with van der Waals surface area (Å²) in [6.07, 6.45) is 2.13. The first-order chi connectivity index (χ1) is 14.3. The molecule has 0 bridgehead atoms. The van der Waals surface area contributed by atoms with Gasteiger partial charge in [-0.05, 0) is 47.7 Å². The van der Waals surface area contributed by atoms with Crippen LogP contribution in [0.2, 0.25) is 0 Å². The number of rotatable bonds is 8. The smallest absolute Gasteiger partial charge is 0.254 e. The van der Waals surface area contributed by atoms with Crippen LogP contribution in [0.3, 0.4) is 0 Å². The van der Waals surface area contributed by atoms with Crippen molar-refractivity contribution in [1.29, 1.82) is 0 Å². The van der Waals surface area contributed by atoms with Crippen molar-refractivity contribution in [2.75, 3.05) is 18.1 Å². The Hall–Kier alpha value is -2.60. The Kier molecular flexibility index (Phi) is 6.98. The normalized spacial score (nSPS) is 17.6. The number of hydrogen-bond acceptors (Lipinski definition) is 4. The van der Waals surface area contributed by atoms with Crippen molar-refractivity contribution >= 4 is 15.7 Å². The number of carbonyl (C=O) groups is 1. The lowest BCUT2D eigenvalue weighted by atomic mass is 10.0. The molecule has 1 heterocycles. The Morgan fingerprint density at radius 1 is 1.17 bits per heavy atom. The molecule has 1 atom stereocenters. The maximum atomic E-state index is 13.3. The molecule has 0 radical (unpaired) electrons. The molecule has 3 rings (SSSR count). The van der Waals surface area contributed by atoms with Crippen LogP contribution < -0.4 is 4.74 Å². The summed E-state index contributed by atoms with van der Waals surface area (Å²) in [5.74, 6) is 1.07. The number of hydrogen-bond donors (Lipinski definition) is 0. The predicted octanol–water partition coefficient (Wildman–Crippen LogP) is 4.20. The number of sulfone groups is 1. The van der Waals surface area contributed by atoms with Gasteiger partial charge in [-0.3, -0.25) is 4.79 Å². The molecule has 1 amide bonds. The van der Waals surface area contributed by atoms with Crippen LogP contribution in [-0.4, -0.2) is 43.4 Å². The van der Waals surface area contributed by atoms with Crippen LogP contribution in [0, 0.1) is 0 Å². The van der Waals surface area contributed by atoms with Crippen molar-refractivity contribution in [1.82, 2.24) is 4.90 Å². The fourth-order valence-corrected chi connectivity index (χ4v) is 5.34. The van der Waals surface area contributed by atoms with Gasteiger partial charge < -0.3 is 9.64 Å². The predicted molar refractivity (Wildman–Crippen MR) is 120 cm³/mol. The standard InChI is InChI=1S/C24H29NO4S/c1-4-14-29-23-11-9-21(10-12-23)24(26)25(22-13-15-30(27,28)17-22)16-19-5-7-20(8-6-19)18(2)3/h4-12,18,22H,1,13-17H2,2-3H3. The first-order valence-electron chi connectivity index (χ1n) is 10.2. The number of benzene rings is 2. The average Bonchev–Trinajstić information content (AvgIpc) is 3.10. The Morgan fingerprint density at radius 3 is 2.37 bits per heavy atom. The molecule has 0 saturated carbocycles. The molecule has 2 aromatic carbocycles. The highest BCUT2D eigenvalue weighted by Gasteiger charge is 2.35. The first kappa shape index (κ1) is 22.1. The summed E-state index contributed by atoms with van der Waals surface area (Å²) in [5, 5.41) is 0. The molecule has 0 aliphatic carbocycles. The van der Waals surface area contributed by atoms with Gasteiger partial charge in [-0.15, -0.1) is 0 Å². The largest absolute Gasteiger partial charge is 0.490 e. The van der Waals surface area contributed by atoms with Crippen molar-refractivity contribution in [3.63, 3.8) is 0 Å². The van der Waals surface area contributed by atoms with Crippen molar-refractivity contribution < 1.29 is 17.9 Å². The first-order valence-corrected chi connectivity index (χ1v) is 12.0. The van der Waals surface area contributed by atoms with Gasteiger partial charge in [0, 0.05) is 18.2 Å². The molecule has 1 aliphatic rings. The van der Waals surface area contributed by atoms with E-state index in [2.05, 4.69) is 32.6 Å². The van der Waals surface area contributed by atoms with E-state index in [0.717, 1.165) is 5.56 Å². The van der Waals surface area contributed by atoms with E-state index < -0.39 is 9.84 Å². The van der Waals surface area contributed by atoms with Gasteiger partial charge in [0.25, 0.3) is 5.91 Å². The van der Waals surface area contributed by atoms with Crippen LogP contribution in [0.1, 0.15) is 47.7 Å². The van der Waals surface area contributed by atoms with Gasteiger partial charge in [-0.1, -0.05) is 50.8 Å². The van der Waals surface area contributed by atoms with Crippen LogP contribution in [0.25, 0.3) is 0 Å². The second-order valence-corrected chi connectivity index (χ2v) is 10.2. The fourth-order valence-electron chi connectivity index (χ4n) is 3.61. The maximum absolute atomic E-state index is 13.3. The number of amides is 1. The average molecular weight is 428 g/mol. The molecule has 2 aromatic rings. The SMILES string of the molecule is C=CCOc1ccc(C(=O)N(Cc2ccc(C(C)C)cc2)C2CCS(=O)(=O)C2)cc1. The Balaban J connectivity index is 1.83. The summed E-state index contributed by atoms with van der Waals surface area (Å²) in [4.78, 5) is 15.0. The Bertz CT molecular complexity index is 979. The van der Waals surface area contributed by atoms with Crippen molar-refractivity contribution in [3.05, 3.63) is 77.9 Å². The highest BCUT2D eigenvalue weighted by molar-refractivity contribution is 7.91. The van der Waals surface area contributed by atoms with Crippen LogP contribution in [-0.2, 0) is 16.4 Å². The van der Waals surface area contributed by atoms with Crippen LogP contribution in [0.5, 0.6) is 5.75 Å². The van der Waals surface area contributed by atoms with E-state index >= 15 is 0 Å². The lowest BCUT2D eigenvalue weighted by Crippen LogP contribution is -2.40. The highest BCUT2D eigenvalue weighted by atomic mass is 32.2. The molecule has 160 valence electrons. The molecule has 1 saturated heterocycles. The molecule has 30 heavy (non-hydrogen) atoms. The van der Waals surface area contributed by atoms with E-state index in [4.69, 9.17) is 4.74 Å². The van der Waals surface area contributed by atoms with Gasteiger partial charge in [-0.25, -0.2) is 8.42 Å². The van der Waals surface area contributed by atoms with Gasteiger partial charge in [0.15, 0.2) is 9.84 Å². The van der Waals surface area contributed by atoms with E-state index in [0.29, 0.717) is 36.8 Å². The van der Waals surface area contributed by atoms with E-state index in [1.165, 1.54) is 5.56 Å². The van der Waals surface area contributed by atoms with Gasteiger partial charge in [-0.2, -0.15) is 0 Å². The molecule has 1 aliphatic heterocycles. The summed E-state index contributed by atoms with van der Waals surface area (Å²) in [6, 6.07) is 14.8.